The molecule has 0 bridgehead atoms. The predicted octanol–water partition coefficient (Wildman–Crippen LogP) is 6.26. The van der Waals surface area contributed by atoms with Gasteiger partial charge in [-0.2, -0.15) is 0 Å². The molecule has 0 aromatic heterocycles. The fraction of sp³-hybridized carbons (Fsp3) is 0.591. The topological polar surface area (TPSA) is 46.5 Å². The number of unbranched alkanes of at least 4 members (excludes halogenated alkanes) is 10. The zero-order valence-corrected chi connectivity index (χ0v) is 15.7. The van der Waals surface area contributed by atoms with Crippen molar-refractivity contribution >= 4 is 12.0 Å². The Balaban J connectivity index is 1.94. The highest BCUT2D eigenvalue weighted by molar-refractivity contribution is 5.87. The van der Waals surface area contributed by atoms with E-state index in [1.165, 1.54) is 63.9 Å². The maximum atomic E-state index is 11.6. The molecule has 0 aliphatic heterocycles. The highest BCUT2D eigenvalue weighted by Crippen LogP contribution is 2.17. The highest BCUT2D eigenvalue weighted by Gasteiger charge is 1.99. The lowest BCUT2D eigenvalue weighted by atomic mass is 10.1. The first-order valence-corrected chi connectivity index (χ1v) is 9.87. The van der Waals surface area contributed by atoms with Crippen LogP contribution in [0.3, 0.4) is 0 Å². The maximum Gasteiger partial charge on any atom is 0.330 e. The molecule has 1 aromatic carbocycles. The van der Waals surface area contributed by atoms with E-state index < -0.39 is 0 Å². The van der Waals surface area contributed by atoms with Gasteiger partial charge < -0.3 is 9.84 Å². The summed E-state index contributed by atoms with van der Waals surface area (Å²) in [4.78, 5) is 11.6. The number of phenolic OH excluding ortho intramolecular Hbond substituents is 1. The minimum Gasteiger partial charge on any atom is -0.507 e. The number of hydrogen-bond acceptors (Lipinski definition) is 3. The second-order valence-corrected chi connectivity index (χ2v) is 6.60. The van der Waals surface area contributed by atoms with E-state index in [9.17, 15) is 9.90 Å². The monoisotopic (exact) mass is 346 g/mol. The van der Waals surface area contributed by atoms with Crippen LogP contribution in [0.4, 0.5) is 0 Å². The Kier molecular flexibility index (Phi) is 12.4. The van der Waals surface area contributed by atoms with Gasteiger partial charge in [0.25, 0.3) is 0 Å². The molecular formula is C22H34O3. The third kappa shape index (κ3) is 11.4. The third-order valence-corrected chi connectivity index (χ3v) is 4.33. The van der Waals surface area contributed by atoms with Crippen molar-refractivity contribution in [2.24, 2.45) is 0 Å². The van der Waals surface area contributed by atoms with Crippen molar-refractivity contribution in [3.63, 3.8) is 0 Å². The molecule has 3 nitrogen and oxygen atoms in total. The van der Waals surface area contributed by atoms with Crippen LogP contribution in [-0.4, -0.2) is 17.7 Å². The Morgan fingerprint density at radius 1 is 0.920 bits per heavy atom. The normalized spacial score (nSPS) is 11.1. The van der Waals surface area contributed by atoms with E-state index in [0.29, 0.717) is 12.2 Å². The second-order valence-electron chi connectivity index (χ2n) is 6.60. The van der Waals surface area contributed by atoms with Gasteiger partial charge in [-0.15, -0.1) is 0 Å². The molecule has 0 aliphatic carbocycles. The summed E-state index contributed by atoms with van der Waals surface area (Å²) < 4.78 is 5.18. The molecule has 0 atom stereocenters. The van der Waals surface area contributed by atoms with Gasteiger partial charge in [0, 0.05) is 11.6 Å². The summed E-state index contributed by atoms with van der Waals surface area (Å²) in [5, 5.41) is 9.61. The van der Waals surface area contributed by atoms with Crippen LogP contribution in [0.2, 0.25) is 0 Å². The largest absolute Gasteiger partial charge is 0.507 e. The van der Waals surface area contributed by atoms with E-state index in [1.54, 1.807) is 24.3 Å². The molecule has 0 saturated heterocycles. The van der Waals surface area contributed by atoms with Crippen LogP contribution >= 0.6 is 0 Å². The minimum absolute atomic E-state index is 0.164. The highest BCUT2D eigenvalue weighted by atomic mass is 16.5. The van der Waals surface area contributed by atoms with E-state index in [1.807, 2.05) is 6.07 Å². The average Bonchev–Trinajstić information content (AvgIpc) is 2.62. The summed E-state index contributed by atoms with van der Waals surface area (Å²) in [7, 11) is 0. The molecule has 140 valence electrons. The summed E-state index contributed by atoms with van der Waals surface area (Å²) in [5.74, 6) is -0.188. The SMILES string of the molecule is CCCCCCCCCCCCCOC(=O)/C=C/c1ccccc1O. The lowest BCUT2D eigenvalue weighted by Gasteiger charge is -2.03. The zero-order chi connectivity index (χ0) is 18.2. The number of esters is 1. The maximum absolute atomic E-state index is 11.6. The lowest BCUT2D eigenvalue weighted by molar-refractivity contribution is -0.137. The summed E-state index contributed by atoms with van der Waals surface area (Å²) in [5.41, 5.74) is 0.620. The number of para-hydroxylation sites is 1. The predicted molar refractivity (Wildman–Crippen MR) is 105 cm³/mol. The van der Waals surface area contributed by atoms with Crippen molar-refractivity contribution in [3.8, 4) is 5.75 Å². The molecule has 1 aromatic rings. The van der Waals surface area contributed by atoms with Crippen LogP contribution in [0.5, 0.6) is 5.75 Å². The van der Waals surface area contributed by atoms with Gasteiger partial charge >= 0.3 is 5.97 Å². The first-order valence-electron chi connectivity index (χ1n) is 9.87. The average molecular weight is 347 g/mol. The van der Waals surface area contributed by atoms with Crippen molar-refractivity contribution < 1.29 is 14.6 Å². The molecule has 1 rings (SSSR count). The first kappa shape index (κ1) is 21.3. The number of ether oxygens (including phenoxy) is 1. The Bertz CT molecular complexity index is 494. The molecule has 0 unspecified atom stereocenters. The third-order valence-electron chi connectivity index (χ3n) is 4.33. The van der Waals surface area contributed by atoms with Crippen LogP contribution in [0.25, 0.3) is 6.08 Å². The number of benzene rings is 1. The zero-order valence-electron chi connectivity index (χ0n) is 15.7. The van der Waals surface area contributed by atoms with Crippen LogP contribution in [0, 0.1) is 0 Å². The van der Waals surface area contributed by atoms with Gasteiger partial charge in [-0.25, -0.2) is 4.79 Å². The second kappa shape index (κ2) is 14.6. The van der Waals surface area contributed by atoms with E-state index >= 15 is 0 Å². The molecule has 3 heteroatoms. The van der Waals surface area contributed by atoms with Crippen molar-refractivity contribution in [2.75, 3.05) is 6.61 Å². The van der Waals surface area contributed by atoms with Gasteiger partial charge in [0.1, 0.15) is 5.75 Å². The van der Waals surface area contributed by atoms with Gasteiger partial charge in [-0.1, -0.05) is 89.3 Å². The minimum atomic E-state index is -0.352. The lowest BCUT2D eigenvalue weighted by Crippen LogP contribution is -2.02. The number of hydrogen-bond donors (Lipinski definition) is 1. The Morgan fingerprint density at radius 3 is 2.08 bits per heavy atom. The number of phenols is 1. The fourth-order valence-corrected chi connectivity index (χ4v) is 2.77. The van der Waals surface area contributed by atoms with Crippen molar-refractivity contribution in [3.05, 3.63) is 35.9 Å². The molecule has 0 fully saturated rings. The van der Waals surface area contributed by atoms with Crippen LogP contribution in [0.1, 0.15) is 83.1 Å². The summed E-state index contributed by atoms with van der Waals surface area (Å²) in [6, 6.07) is 6.91. The van der Waals surface area contributed by atoms with Crippen molar-refractivity contribution in [1.82, 2.24) is 0 Å². The number of rotatable bonds is 14. The fourth-order valence-electron chi connectivity index (χ4n) is 2.77. The standard InChI is InChI=1S/C22H34O3/c1-2-3-4-5-6-7-8-9-10-11-14-19-25-22(24)18-17-20-15-12-13-16-21(20)23/h12-13,15-18,23H,2-11,14,19H2,1H3/b18-17+. The van der Waals surface area contributed by atoms with Gasteiger partial charge in [0.05, 0.1) is 6.61 Å². The molecular weight excluding hydrogens is 312 g/mol. The smallest absolute Gasteiger partial charge is 0.330 e. The van der Waals surface area contributed by atoms with Gasteiger partial charge in [-0.3, -0.25) is 0 Å². The van der Waals surface area contributed by atoms with E-state index in [2.05, 4.69) is 6.92 Å². The van der Waals surface area contributed by atoms with Crippen LogP contribution in [-0.2, 0) is 9.53 Å². The number of carbonyl (C=O) groups is 1. The number of aromatic hydroxyl groups is 1. The summed E-state index contributed by atoms with van der Waals surface area (Å²) in [6.45, 7) is 2.72. The van der Waals surface area contributed by atoms with E-state index in [4.69, 9.17) is 4.74 Å². The molecule has 0 saturated carbocycles. The number of carbonyl (C=O) groups excluding carboxylic acids is 1. The quantitative estimate of drug-likeness (QED) is 0.246. The molecule has 1 N–H and O–H groups in total. The van der Waals surface area contributed by atoms with Crippen LogP contribution < -0.4 is 0 Å². The Hall–Kier alpha value is -1.77. The first-order chi connectivity index (χ1) is 12.2. The van der Waals surface area contributed by atoms with Crippen molar-refractivity contribution in [2.45, 2.75) is 77.6 Å². The van der Waals surface area contributed by atoms with Gasteiger partial charge in [-0.05, 0) is 18.6 Å². The molecule has 0 amide bonds. The molecule has 0 heterocycles. The summed E-state index contributed by atoms with van der Waals surface area (Å²) in [6.07, 6.45) is 17.0. The van der Waals surface area contributed by atoms with Crippen molar-refractivity contribution in [1.29, 1.82) is 0 Å². The van der Waals surface area contributed by atoms with Gasteiger partial charge in [0.2, 0.25) is 0 Å². The van der Waals surface area contributed by atoms with E-state index in [0.717, 1.165) is 12.8 Å². The molecule has 0 spiro atoms. The molecule has 0 aliphatic rings. The summed E-state index contributed by atoms with van der Waals surface area (Å²) >= 11 is 0. The molecule has 0 radical (unpaired) electrons. The molecule has 25 heavy (non-hydrogen) atoms. The van der Waals surface area contributed by atoms with E-state index in [-0.39, 0.29) is 11.7 Å². The Morgan fingerprint density at radius 2 is 1.48 bits per heavy atom. The van der Waals surface area contributed by atoms with Crippen LogP contribution in [0.15, 0.2) is 30.3 Å². The Labute approximate surface area is 153 Å². The van der Waals surface area contributed by atoms with Gasteiger partial charge in [0.15, 0.2) is 0 Å².